The molecule has 0 aliphatic carbocycles. The predicted octanol–water partition coefficient (Wildman–Crippen LogP) is 2.82. The van der Waals surface area contributed by atoms with Crippen LogP contribution in [0.3, 0.4) is 0 Å². The molecule has 2 N–H and O–H groups in total. The Bertz CT molecular complexity index is 779. The Labute approximate surface area is 152 Å². The molecule has 0 radical (unpaired) electrons. The normalized spacial score (nSPS) is 10.9. The molecule has 0 atom stereocenters. The summed E-state index contributed by atoms with van der Waals surface area (Å²) in [4.78, 5) is 23.1. The number of carbonyl (C=O) groups is 2. The van der Waals surface area contributed by atoms with Crippen LogP contribution in [0.1, 0.15) is 11.1 Å². The third-order valence-corrected chi connectivity index (χ3v) is 3.74. The third kappa shape index (κ3) is 5.66. The molecule has 2 aromatic rings. The van der Waals surface area contributed by atoms with Crippen molar-refractivity contribution in [1.82, 2.24) is 0 Å². The molecule has 0 aromatic heterocycles. The Kier molecular flexibility index (Phi) is 6.79. The van der Waals surface area contributed by atoms with E-state index < -0.39 is 11.9 Å². The number of aryl methyl sites for hydroxylation is 2. The highest BCUT2D eigenvalue weighted by molar-refractivity contribution is 5.98. The second-order valence-corrected chi connectivity index (χ2v) is 5.56. The fourth-order valence-electron chi connectivity index (χ4n) is 2.29. The van der Waals surface area contributed by atoms with Crippen LogP contribution in [0, 0.1) is 0 Å². The van der Waals surface area contributed by atoms with Crippen LogP contribution in [0.4, 0.5) is 5.69 Å². The van der Waals surface area contributed by atoms with Crippen molar-refractivity contribution in [2.24, 2.45) is 0 Å². The molecule has 6 nitrogen and oxygen atoms in total. The van der Waals surface area contributed by atoms with Gasteiger partial charge in [-0.1, -0.05) is 24.3 Å². The molecule has 0 spiro atoms. The number of ether oxygens (including phenoxy) is 2. The van der Waals surface area contributed by atoms with Gasteiger partial charge in [-0.3, -0.25) is 0 Å². The molecule has 0 fully saturated rings. The molecule has 0 saturated heterocycles. The second-order valence-electron chi connectivity index (χ2n) is 5.56. The lowest BCUT2D eigenvalue weighted by atomic mass is 10.0. The van der Waals surface area contributed by atoms with E-state index in [4.69, 9.17) is 0 Å². The maximum atomic E-state index is 11.7. The van der Waals surface area contributed by atoms with Crippen LogP contribution < -0.4 is 5.32 Å². The molecule has 2 rings (SSSR count). The maximum absolute atomic E-state index is 11.7. The number of nitrogens with one attached hydrogen (secondary N) is 1. The van der Waals surface area contributed by atoms with E-state index in [1.807, 2.05) is 36.4 Å². The van der Waals surface area contributed by atoms with Crippen molar-refractivity contribution in [1.29, 1.82) is 0 Å². The first kappa shape index (κ1) is 19.1. The lowest BCUT2D eigenvalue weighted by Gasteiger charge is -2.10. The lowest BCUT2D eigenvalue weighted by molar-refractivity contribution is -0.138. The van der Waals surface area contributed by atoms with E-state index in [9.17, 15) is 14.7 Å². The monoisotopic (exact) mass is 355 g/mol. The van der Waals surface area contributed by atoms with Crippen molar-refractivity contribution in [3.8, 4) is 5.75 Å². The first-order chi connectivity index (χ1) is 12.5. The largest absolute Gasteiger partial charge is 0.508 e. The van der Waals surface area contributed by atoms with E-state index in [1.54, 1.807) is 12.1 Å². The van der Waals surface area contributed by atoms with Crippen LogP contribution in [0.5, 0.6) is 5.75 Å². The standard InChI is InChI=1S/C20H21NO5/c1-25-19(23)13-18(20(24)26-2)21-16-9-5-14(6-10-16)3-4-15-7-11-17(22)12-8-15/h5-13,21-22H,3-4H2,1-2H3/b18-13+. The minimum atomic E-state index is -0.660. The number of hydrogen-bond acceptors (Lipinski definition) is 6. The number of rotatable bonds is 7. The van der Waals surface area contributed by atoms with Crippen LogP contribution in [-0.2, 0) is 31.9 Å². The van der Waals surface area contributed by atoms with Gasteiger partial charge < -0.3 is 19.9 Å². The van der Waals surface area contributed by atoms with Gasteiger partial charge in [0.05, 0.1) is 20.3 Å². The summed E-state index contributed by atoms with van der Waals surface area (Å²) in [5, 5.41) is 12.2. The summed E-state index contributed by atoms with van der Waals surface area (Å²) in [6.45, 7) is 0. The molecular formula is C20H21NO5. The quantitative estimate of drug-likeness (QED) is 0.587. The van der Waals surface area contributed by atoms with Gasteiger partial charge in [-0.05, 0) is 48.2 Å². The van der Waals surface area contributed by atoms with Crippen LogP contribution in [0.25, 0.3) is 0 Å². The average molecular weight is 355 g/mol. The Balaban J connectivity index is 2.01. The van der Waals surface area contributed by atoms with Gasteiger partial charge in [-0.15, -0.1) is 0 Å². The van der Waals surface area contributed by atoms with Crippen LogP contribution in [-0.4, -0.2) is 31.3 Å². The molecule has 0 aliphatic rings. The highest BCUT2D eigenvalue weighted by Gasteiger charge is 2.12. The van der Waals surface area contributed by atoms with E-state index in [-0.39, 0.29) is 11.4 Å². The van der Waals surface area contributed by atoms with Gasteiger partial charge in [0.15, 0.2) is 0 Å². The number of anilines is 1. The summed E-state index contributed by atoms with van der Waals surface area (Å²) in [6, 6.07) is 14.7. The maximum Gasteiger partial charge on any atom is 0.354 e. The average Bonchev–Trinajstić information content (AvgIpc) is 2.67. The Morgan fingerprint density at radius 3 is 1.96 bits per heavy atom. The second kappa shape index (κ2) is 9.27. The summed E-state index contributed by atoms with van der Waals surface area (Å²) in [5.74, 6) is -1.05. The first-order valence-electron chi connectivity index (χ1n) is 8.03. The zero-order valence-electron chi connectivity index (χ0n) is 14.7. The van der Waals surface area contributed by atoms with E-state index >= 15 is 0 Å². The summed E-state index contributed by atoms with van der Waals surface area (Å²) in [7, 11) is 2.47. The Hall–Kier alpha value is -3.28. The minimum Gasteiger partial charge on any atom is -0.508 e. The number of phenols is 1. The lowest BCUT2D eigenvalue weighted by Crippen LogP contribution is -2.15. The molecule has 0 heterocycles. The van der Waals surface area contributed by atoms with Crippen LogP contribution in [0.2, 0.25) is 0 Å². The molecular weight excluding hydrogens is 334 g/mol. The zero-order valence-corrected chi connectivity index (χ0v) is 14.7. The van der Waals surface area contributed by atoms with Crippen LogP contribution in [0.15, 0.2) is 60.3 Å². The van der Waals surface area contributed by atoms with Crippen molar-refractivity contribution >= 4 is 17.6 Å². The molecule has 2 aromatic carbocycles. The molecule has 0 unspecified atom stereocenters. The summed E-state index contributed by atoms with van der Waals surface area (Å²) < 4.78 is 9.19. The van der Waals surface area contributed by atoms with E-state index in [1.165, 1.54) is 14.2 Å². The van der Waals surface area contributed by atoms with Gasteiger partial charge in [0.2, 0.25) is 0 Å². The summed E-state index contributed by atoms with van der Waals surface area (Å²) in [5.41, 5.74) is 2.91. The molecule has 0 aliphatic heterocycles. The molecule has 0 bridgehead atoms. The van der Waals surface area contributed by atoms with Crippen molar-refractivity contribution in [3.05, 3.63) is 71.4 Å². The minimum absolute atomic E-state index is 0.00352. The van der Waals surface area contributed by atoms with Crippen LogP contribution >= 0.6 is 0 Å². The van der Waals surface area contributed by atoms with Gasteiger partial charge in [0, 0.05) is 5.69 Å². The third-order valence-electron chi connectivity index (χ3n) is 3.74. The topological polar surface area (TPSA) is 84.9 Å². The molecule has 6 heteroatoms. The van der Waals surface area contributed by atoms with E-state index in [0.29, 0.717) is 5.69 Å². The first-order valence-corrected chi connectivity index (χ1v) is 8.03. The smallest absolute Gasteiger partial charge is 0.354 e. The van der Waals surface area contributed by atoms with Gasteiger partial charge in [0.1, 0.15) is 11.4 Å². The fourth-order valence-corrected chi connectivity index (χ4v) is 2.29. The van der Waals surface area contributed by atoms with Crippen molar-refractivity contribution in [3.63, 3.8) is 0 Å². The number of esters is 2. The highest BCUT2D eigenvalue weighted by Crippen LogP contribution is 2.16. The molecule has 136 valence electrons. The van der Waals surface area contributed by atoms with Crippen molar-refractivity contribution in [2.45, 2.75) is 12.8 Å². The highest BCUT2D eigenvalue weighted by atomic mass is 16.5. The number of carbonyl (C=O) groups excluding carboxylic acids is 2. The SMILES string of the molecule is COC(=O)/C=C(/Nc1ccc(CCc2ccc(O)cc2)cc1)C(=O)OC. The zero-order chi connectivity index (χ0) is 18.9. The Morgan fingerprint density at radius 1 is 0.923 bits per heavy atom. The van der Waals surface area contributed by atoms with E-state index in [0.717, 1.165) is 30.0 Å². The van der Waals surface area contributed by atoms with Gasteiger partial charge >= 0.3 is 11.9 Å². The summed E-state index contributed by atoms with van der Waals surface area (Å²) in [6.07, 6.45) is 2.74. The molecule has 0 saturated carbocycles. The molecule has 26 heavy (non-hydrogen) atoms. The number of methoxy groups -OCH3 is 2. The fraction of sp³-hybridized carbons (Fsp3) is 0.200. The Morgan fingerprint density at radius 2 is 1.46 bits per heavy atom. The predicted molar refractivity (Wildman–Crippen MR) is 97.7 cm³/mol. The number of aromatic hydroxyl groups is 1. The van der Waals surface area contributed by atoms with Gasteiger partial charge in [0.25, 0.3) is 0 Å². The van der Waals surface area contributed by atoms with Crippen molar-refractivity contribution < 1.29 is 24.2 Å². The van der Waals surface area contributed by atoms with Crippen molar-refractivity contribution in [2.75, 3.05) is 19.5 Å². The molecule has 0 amide bonds. The number of benzene rings is 2. The number of phenolic OH excluding ortho intramolecular Hbond substituents is 1. The number of hydrogen-bond donors (Lipinski definition) is 2. The summed E-state index contributed by atoms with van der Waals surface area (Å²) >= 11 is 0. The van der Waals surface area contributed by atoms with Gasteiger partial charge in [-0.2, -0.15) is 0 Å². The van der Waals surface area contributed by atoms with Gasteiger partial charge in [-0.25, -0.2) is 9.59 Å². The van der Waals surface area contributed by atoms with E-state index in [2.05, 4.69) is 14.8 Å².